The Morgan fingerprint density at radius 3 is 2.46 bits per heavy atom. The summed E-state index contributed by atoms with van der Waals surface area (Å²) in [4.78, 5) is 7.34. The third-order valence-electron chi connectivity index (χ3n) is 5.10. The van der Waals surface area contributed by atoms with Crippen LogP contribution in [0.25, 0.3) is 11.0 Å². The van der Waals surface area contributed by atoms with E-state index in [0.717, 1.165) is 59.9 Å². The average Bonchev–Trinajstić information content (AvgIpc) is 2.99. The maximum atomic E-state index is 5.61. The normalized spacial score (nSPS) is 11.1. The predicted octanol–water partition coefficient (Wildman–Crippen LogP) is 5.57. The largest absolute Gasteiger partial charge is 0.495 e. The molecule has 1 heterocycles. The Kier molecular flexibility index (Phi) is 6.12. The molecule has 0 aliphatic heterocycles. The van der Waals surface area contributed by atoms with Crippen molar-refractivity contribution in [2.45, 2.75) is 40.5 Å². The third kappa shape index (κ3) is 3.79. The van der Waals surface area contributed by atoms with Crippen LogP contribution in [0.5, 0.6) is 5.75 Å². The first kappa shape index (κ1) is 20.1. The van der Waals surface area contributed by atoms with Crippen LogP contribution >= 0.6 is 0 Å². The molecule has 28 heavy (non-hydrogen) atoms. The van der Waals surface area contributed by atoms with Gasteiger partial charge in [0.1, 0.15) is 5.75 Å². The number of aryl methyl sites for hydroxylation is 3. The number of aromatic nitrogens is 2. The van der Waals surface area contributed by atoms with Crippen molar-refractivity contribution in [3.63, 3.8) is 0 Å². The Balaban J connectivity index is 2.08. The van der Waals surface area contributed by atoms with Crippen molar-refractivity contribution in [2.24, 2.45) is 7.05 Å². The number of fused-ring (bicyclic) bond motifs is 1. The fraction of sp³-hybridized carbons (Fsp3) is 0.435. The second-order valence-electron chi connectivity index (χ2n) is 7.41. The number of benzene rings is 2. The van der Waals surface area contributed by atoms with Gasteiger partial charge in [0.25, 0.3) is 0 Å². The average molecular weight is 381 g/mol. The molecule has 5 heteroatoms. The van der Waals surface area contributed by atoms with Crippen molar-refractivity contribution in [1.29, 1.82) is 0 Å². The standard InChI is InChI=1S/C23H32N4O/c1-7-12-27(13-8-2)19-11-9-10-18-22(19)26(5)23(24-18)25-21-17(4)14-16(3)15-20(21)28-6/h9-11,14-15H,7-8,12-13H2,1-6H3,(H,24,25). The highest BCUT2D eigenvalue weighted by molar-refractivity contribution is 5.91. The van der Waals surface area contributed by atoms with Gasteiger partial charge in [-0.3, -0.25) is 0 Å². The SMILES string of the molecule is CCCN(CCC)c1cccc2nc(Nc3c(C)cc(C)cc3OC)n(C)c12. The van der Waals surface area contributed by atoms with Crippen LogP contribution in [0.4, 0.5) is 17.3 Å². The van der Waals surface area contributed by atoms with Crippen molar-refractivity contribution in [1.82, 2.24) is 9.55 Å². The van der Waals surface area contributed by atoms with E-state index in [-0.39, 0.29) is 0 Å². The van der Waals surface area contributed by atoms with E-state index < -0.39 is 0 Å². The number of hydrogen-bond donors (Lipinski definition) is 1. The minimum absolute atomic E-state index is 0.820. The van der Waals surface area contributed by atoms with Crippen molar-refractivity contribution in [3.05, 3.63) is 41.5 Å². The minimum Gasteiger partial charge on any atom is -0.495 e. The Morgan fingerprint density at radius 1 is 1.11 bits per heavy atom. The van der Waals surface area contributed by atoms with Gasteiger partial charge < -0.3 is 19.5 Å². The Labute approximate surface area is 168 Å². The topological polar surface area (TPSA) is 42.3 Å². The summed E-state index contributed by atoms with van der Waals surface area (Å²) in [6.07, 6.45) is 2.25. The molecule has 0 spiro atoms. The molecule has 1 aromatic heterocycles. The summed E-state index contributed by atoms with van der Waals surface area (Å²) < 4.78 is 7.77. The van der Waals surface area contributed by atoms with E-state index in [1.807, 2.05) is 6.07 Å². The number of rotatable bonds is 8. The smallest absolute Gasteiger partial charge is 0.208 e. The lowest BCUT2D eigenvalue weighted by atomic mass is 10.1. The lowest BCUT2D eigenvalue weighted by Gasteiger charge is -2.25. The van der Waals surface area contributed by atoms with Gasteiger partial charge in [-0.1, -0.05) is 26.0 Å². The van der Waals surface area contributed by atoms with E-state index in [4.69, 9.17) is 9.72 Å². The lowest BCUT2D eigenvalue weighted by molar-refractivity contribution is 0.416. The zero-order valence-corrected chi connectivity index (χ0v) is 18.0. The Bertz CT molecular complexity index is 955. The van der Waals surface area contributed by atoms with Crippen LogP contribution < -0.4 is 15.0 Å². The second kappa shape index (κ2) is 8.55. The van der Waals surface area contributed by atoms with E-state index in [9.17, 15) is 0 Å². The first-order valence-electron chi connectivity index (χ1n) is 10.1. The van der Waals surface area contributed by atoms with Crippen LogP contribution in [-0.2, 0) is 7.05 Å². The number of imidazole rings is 1. The van der Waals surface area contributed by atoms with Crippen LogP contribution in [0.3, 0.4) is 0 Å². The van der Waals surface area contributed by atoms with E-state index in [1.54, 1.807) is 7.11 Å². The monoisotopic (exact) mass is 380 g/mol. The van der Waals surface area contributed by atoms with Crippen LogP contribution in [0.15, 0.2) is 30.3 Å². The molecule has 0 saturated carbocycles. The van der Waals surface area contributed by atoms with Crippen molar-refractivity contribution < 1.29 is 4.74 Å². The van der Waals surface area contributed by atoms with Gasteiger partial charge in [-0.05, 0) is 56.0 Å². The molecular weight excluding hydrogens is 348 g/mol. The summed E-state index contributed by atoms with van der Waals surface area (Å²) in [5, 5.41) is 3.52. The summed E-state index contributed by atoms with van der Waals surface area (Å²) in [5.74, 6) is 1.66. The molecule has 0 fully saturated rings. The summed E-state index contributed by atoms with van der Waals surface area (Å²) in [6.45, 7) is 10.7. The third-order valence-corrected chi connectivity index (χ3v) is 5.10. The van der Waals surface area contributed by atoms with Gasteiger partial charge in [-0.15, -0.1) is 0 Å². The second-order valence-corrected chi connectivity index (χ2v) is 7.41. The molecule has 0 atom stereocenters. The molecule has 0 unspecified atom stereocenters. The highest BCUT2D eigenvalue weighted by atomic mass is 16.5. The maximum absolute atomic E-state index is 5.61. The van der Waals surface area contributed by atoms with Crippen LogP contribution in [0.1, 0.15) is 37.8 Å². The van der Waals surface area contributed by atoms with Crippen molar-refractivity contribution in [3.8, 4) is 5.75 Å². The van der Waals surface area contributed by atoms with Gasteiger partial charge in [-0.25, -0.2) is 4.98 Å². The zero-order chi connectivity index (χ0) is 20.3. The van der Waals surface area contributed by atoms with Gasteiger partial charge in [0.15, 0.2) is 0 Å². The highest BCUT2D eigenvalue weighted by Gasteiger charge is 2.17. The Morgan fingerprint density at radius 2 is 1.82 bits per heavy atom. The Hall–Kier alpha value is -2.69. The fourth-order valence-electron chi connectivity index (χ4n) is 3.87. The number of anilines is 3. The lowest BCUT2D eigenvalue weighted by Crippen LogP contribution is -2.25. The number of ether oxygens (including phenoxy) is 1. The van der Waals surface area contributed by atoms with Gasteiger partial charge in [-0.2, -0.15) is 0 Å². The quantitative estimate of drug-likeness (QED) is 0.555. The first-order valence-corrected chi connectivity index (χ1v) is 10.1. The van der Waals surface area contributed by atoms with Gasteiger partial charge in [0, 0.05) is 20.1 Å². The molecular formula is C23H32N4O. The maximum Gasteiger partial charge on any atom is 0.208 e. The molecule has 0 aliphatic carbocycles. The van der Waals surface area contributed by atoms with Gasteiger partial charge in [0.2, 0.25) is 5.95 Å². The number of methoxy groups -OCH3 is 1. The number of nitrogens with one attached hydrogen (secondary N) is 1. The van der Waals surface area contributed by atoms with E-state index >= 15 is 0 Å². The zero-order valence-electron chi connectivity index (χ0n) is 18.0. The first-order chi connectivity index (χ1) is 13.5. The van der Waals surface area contributed by atoms with E-state index in [0.29, 0.717) is 0 Å². The molecule has 3 aromatic rings. The summed E-state index contributed by atoms with van der Waals surface area (Å²) in [7, 11) is 3.78. The molecule has 0 aliphatic rings. The molecule has 0 radical (unpaired) electrons. The number of nitrogens with zero attached hydrogens (tertiary/aromatic N) is 3. The van der Waals surface area contributed by atoms with E-state index in [1.165, 1.54) is 11.3 Å². The molecule has 3 rings (SSSR count). The fourth-order valence-corrected chi connectivity index (χ4v) is 3.87. The number of para-hydroxylation sites is 1. The molecule has 0 amide bonds. The highest BCUT2D eigenvalue weighted by Crippen LogP contribution is 2.35. The molecule has 0 bridgehead atoms. The summed E-state index contributed by atoms with van der Waals surface area (Å²) in [6, 6.07) is 10.6. The minimum atomic E-state index is 0.820. The molecule has 150 valence electrons. The van der Waals surface area contributed by atoms with Crippen molar-refractivity contribution >= 4 is 28.4 Å². The van der Waals surface area contributed by atoms with Gasteiger partial charge in [0.05, 0.1) is 29.5 Å². The van der Waals surface area contributed by atoms with Gasteiger partial charge >= 0.3 is 0 Å². The summed E-state index contributed by atoms with van der Waals surface area (Å²) >= 11 is 0. The molecule has 2 aromatic carbocycles. The summed E-state index contributed by atoms with van der Waals surface area (Å²) in [5.41, 5.74) is 6.70. The predicted molar refractivity (Wildman–Crippen MR) is 119 cm³/mol. The molecule has 1 N–H and O–H groups in total. The van der Waals surface area contributed by atoms with Crippen LogP contribution in [0.2, 0.25) is 0 Å². The van der Waals surface area contributed by atoms with Crippen LogP contribution in [0, 0.1) is 13.8 Å². The van der Waals surface area contributed by atoms with Crippen molar-refractivity contribution in [2.75, 3.05) is 30.4 Å². The number of hydrogen-bond acceptors (Lipinski definition) is 4. The van der Waals surface area contributed by atoms with E-state index in [2.05, 4.69) is 73.8 Å². The molecule has 5 nitrogen and oxygen atoms in total. The molecule has 0 saturated heterocycles. The van der Waals surface area contributed by atoms with Crippen LogP contribution in [-0.4, -0.2) is 29.8 Å².